The van der Waals surface area contributed by atoms with Gasteiger partial charge in [-0.25, -0.2) is 8.42 Å². The standard InChI is InChI=1S/C12H20N6O2S/c13-10-14-11(17-4-1-2-5-17)16-12(15-10)18-6-3-8-21(19,20)9-7-18/h1-9H2,(H2,13,14,15,16). The zero-order chi connectivity index (χ0) is 14.9. The summed E-state index contributed by atoms with van der Waals surface area (Å²) in [5, 5.41) is 0. The van der Waals surface area contributed by atoms with E-state index in [1.165, 1.54) is 0 Å². The van der Waals surface area contributed by atoms with E-state index in [0.717, 1.165) is 25.9 Å². The van der Waals surface area contributed by atoms with E-state index in [1.54, 1.807) is 0 Å². The highest BCUT2D eigenvalue weighted by Crippen LogP contribution is 2.20. The number of rotatable bonds is 2. The molecule has 2 saturated heterocycles. The summed E-state index contributed by atoms with van der Waals surface area (Å²) >= 11 is 0. The Labute approximate surface area is 124 Å². The lowest BCUT2D eigenvalue weighted by Crippen LogP contribution is -2.30. The van der Waals surface area contributed by atoms with Gasteiger partial charge >= 0.3 is 0 Å². The quantitative estimate of drug-likeness (QED) is 0.792. The minimum absolute atomic E-state index is 0.137. The van der Waals surface area contributed by atoms with Crippen LogP contribution in [0.25, 0.3) is 0 Å². The van der Waals surface area contributed by atoms with Crippen molar-refractivity contribution in [1.29, 1.82) is 0 Å². The van der Waals surface area contributed by atoms with Crippen LogP contribution in [0.2, 0.25) is 0 Å². The van der Waals surface area contributed by atoms with Gasteiger partial charge in [0.05, 0.1) is 11.5 Å². The van der Waals surface area contributed by atoms with Gasteiger partial charge in [0.15, 0.2) is 9.84 Å². The van der Waals surface area contributed by atoms with Crippen molar-refractivity contribution in [1.82, 2.24) is 15.0 Å². The zero-order valence-electron chi connectivity index (χ0n) is 11.9. The third-order valence-electron chi connectivity index (χ3n) is 3.86. The van der Waals surface area contributed by atoms with E-state index in [0.29, 0.717) is 31.4 Å². The van der Waals surface area contributed by atoms with Crippen LogP contribution in [0, 0.1) is 0 Å². The maximum absolute atomic E-state index is 11.7. The first-order chi connectivity index (χ1) is 10.0. The summed E-state index contributed by atoms with van der Waals surface area (Å²) in [5.41, 5.74) is 5.79. The maximum Gasteiger partial charge on any atom is 0.231 e. The average molecular weight is 312 g/mol. The molecular formula is C12H20N6O2S. The van der Waals surface area contributed by atoms with Crippen molar-refractivity contribution in [2.75, 3.05) is 53.2 Å². The maximum atomic E-state index is 11.7. The van der Waals surface area contributed by atoms with Gasteiger partial charge in [-0.1, -0.05) is 0 Å². The Kier molecular flexibility index (Phi) is 3.83. The molecule has 0 atom stereocenters. The first kappa shape index (κ1) is 14.3. The van der Waals surface area contributed by atoms with Gasteiger partial charge in [0, 0.05) is 26.2 Å². The fraction of sp³-hybridized carbons (Fsp3) is 0.750. The molecule has 2 aliphatic rings. The Morgan fingerprint density at radius 1 is 0.810 bits per heavy atom. The smallest absolute Gasteiger partial charge is 0.231 e. The zero-order valence-corrected chi connectivity index (χ0v) is 12.7. The molecule has 21 heavy (non-hydrogen) atoms. The summed E-state index contributed by atoms with van der Waals surface area (Å²) in [6.07, 6.45) is 2.85. The third kappa shape index (κ3) is 3.34. The molecule has 2 fully saturated rings. The Morgan fingerprint density at radius 2 is 1.38 bits per heavy atom. The molecule has 0 aromatic carbocycles. The molecule has 1 aromatic heterocycles. The van der Waals surface area contributed by atoms with E-state index in [-0.39, 0.29) is 17.5 Å². The molecule has 3 heterocycles. The molecular weight excluding hydrogens is 292 g/mol. The number of hydrogen-bond donors (Lipinski definition) is 1. The predicted octanol–water partition coefficient (Wildman–Crippen LogP) is -0.321. The minimum atomic E-state index is -2.95. The van der Waals surface area contributed by atoms with Crippen LogP contribution >= 0.6 is 0 Å². The molecule has 0 aliphatic carbocycles. The van der Waals surface area contributed by atoms with E-state index in [4.69, 9.17) is 5.73 Å². The van der Waals surface area contributed by atoms with Crippen LogP contribution in [0.1, 0.15) is 19.3 Å². The van der Waals surface area contributed by atoms with Gasteiger partial charge < -0.3 is 15.5 Å². The van der Waals surface area contributed by atoms with Crippen LogP contribution in [-0.2, 0) is 9.84 Å². The number of nitrogens with zero attached hydrogens (tertiary/aromatic N) is 5. The Balaban J connectivity index is 1.84. The molecule has 0 unspecified atom stereocenters. The first-order valence-electron chi connectivity index (χ1n) is 7.25. The molecule has 8 nitrogen and oxygen atoms in total. The molecule has 116 valence electrons. The Hall–Kier alpha value is -1.64. The Morgan fingerprint density at radius 3 is 2.05 bits per heavy atom. The van der Waals surface area contributed by atoms with Gasteiger partial charge in [0.25, 0.3) is 0 Å². The van der Waals surface area contributed by atoms with Crippen molar-refractivity contribution in [3.05, 3.63) is 0 Å². The number of sulfone groups is 1. The Bertz CT molecular complexity index is 614. The van der Waals surface area contributed by atoms with Crippen molar-refractivity contribution < 1.29 is 8.42 Å². The summed E-state index contributed by atoms with van der Waals surface area (Å²) < 4.78 is 23.4. The van der Waals surface area contributed by atoms with Gasteiger partial charge in [-0.2, -0.15) is 15.0 Å². The second-order valence-electron chi connectivity index (χ2n) is 5.48. The largest absolute Gasteiger partial charge is 0.368 e. The SMILES string of the molecule is Nc1nc(N2CCCC2)nc(N2CCCS(=O)(=O)CC2)n1. The number of hydrogen-bond acceptors (Lipinski definition) is 8. The van der Waals surface area contributed by atoms with Gasteiger partial charge in [-0.15, -0.1) is 0 Å². The molecule has 2 aliphatic heterocycles. The van der Waals surface area contributed by atoms with Crippen molar-refractivity contribution in [3.8, 4) is 0 Å². The lowest BCUT2D eigenvalue weighted by atomic mass is 10.4. The van der Waals surface area contributed by atoms with E-state index >= 15 is 0 Å². The van der Waals surface area contributed by atoms with Crippen molar-refractivity contribution in [3.63, 3.8) is 0 Å². The predicted molar refractivity (Wildman–Crippen MR) is 81.2 cm³/mol. The molecule has 2 N–H and O–H groups in total. The highest BCUT2D eigenvalue weighted by Gasteiger charge is 2.23. The molecule has 9 heteroatoms. The van der Waals surface area contributed by atoms with Crippen LogP contribution in [0.15, 0.2) is 0 Å². The molecule has 1 aromatic rings. The first-order valence-corrected chi connectivity index (χ1v) is 9.07. The minimum Gasteiger partial charge on any atom is -0.368 e. The van der Waals surface area contributed by atoms with Crippen molar-refractivity contribution in [2.24, 2.45) is 0 Å². The fourth-order valence-corrected chi connectivity index (χ4v) is 3.98. The molecule has 0 amide bonds. The number of anilines is 3. The van der Waals surface area contributed by atoms with E-state index in [1.807, 2.05) is 4.90 Å². The fourth-order valence-electron chi connectivity index (χ4n) is 2.71. The molecule has 0 radical (unpaired) electrons. The van der Waals surface area contributed by atoms with Gasteiger partial charge in [0.2, 0.25) is 17.8 Å². The monoisotopic (exact) mass is 312 g/mol. The summed E-state index contributed by atoms with van der Waals surface area (Å²) in [7, 11) is -2.95. The second-order valence-corrected chi connectivity index (χ2v) is 7.78. The van der Waals surface area contributed by atoms with Crippen LogP contribution in [0.4, 0.5) is 17.8 Å². The van der Waals surface area contributed by atoms with Gasteiger partial charge in [-0.05, 0) is 19.3 Å². The van der Waals surface area contributed by atoms with Crippen LogP contribution in [0.3, 0.4) is 0 Å². The highest BCUT2D eigenvalue weighted by atomic mass is 32.2. The van der Waals surface area contributed by atoms with Crippen molar-refractivity contribution in [2.45, 2.75) is 19.3 Å². The van der Waals surface area contributed by atoms with E-state index in [9.17, 15) is 8.42 Å². The van der Waals surface area contributed by atoms with Crippen LogP contribution in [-0.4, -0.2) is 61.1 Å². The van der Waals surface area contributed by atoms with Gasteiger partial charge in [0.1, 0.15) is 0 Å². The second kappa shape index (κ2) is 5.63. The summed E-state index contributed by atoms with van der Waals surface area (Å²) in [6, 6.07) is 0. The van der Waals surface area contributed by atoms with E-state index < -0.39 is 9.84 Å². The molecule has 0 saturated carbocycles. The van der Waals surface area contributed by atoms with Crippen LogP contribution in [0.5, 0.6) is 0 Å². The highest BCUT2D eigenvalue weighted by molar-refractivity contribution is 7.91. The van der Waals surface area contributed by atoms with Gasteiger partial charge in [-0.3, -0.25) is 0 Å². The normalized spacial score (nSPS) is 22.3. The van der Waals surface area contributed by atoms with E-state index in [2.05, 4.69) is 19.9 Å². The molecule has 0 spiro atoms. The average Bonchev–Trinajstić information content (AvgIpc) is 2.89. The third-order valence-corrected chi connectivity index (χ3v) is 5.57. The van der Waals surface area contributed by atoms with Crippen LogP contribution < -0.4 is 15.5 Å². The number of aromatic nitrogens is 3. The number of nitrogen functional groups attached to an aromatic ring is 1. The lowest BCUT2D eigenvalue weighted by molar-refractivity contribution is 0.597. The summed E-state index contributed by atoms with van der Waals surface area (Å²) in [6.45, 7) is 2.89. The van der Waals surface area contributed by atoms with Crippen molar-refractivity contribution >= 4 is 27.7 Å². The number of nitrogens with two attached hydrogens (primary N) is 1. The molecule has 0 bridgehead atoms. The topological polar surface area (TPSA) is 105 Å². The summed E-state index contributed by atoms with van der Waals surface area (Å²) in [4.78, 5) is 16.8. The summed E-state index contributed by atoms with van der Waals surface area (Å²) in [5.74, 6) is 1.64. The lowest BCUT2D eigenvalue weighted by Gasteiger charge is -2.22. The molecule has 3 rings (SSSR count).